The highest BCUT2D eigenvalue weighted by Gasteiger charge is 2.24. The monoisotopic (exact) mass is 205 g/mol. The molecule has 0 radical (unpaired) electrons. The van der Waals surface area contributed by atoms with Crippen LogP contribution in [0.5, 0.6) is 0 Å². The van der Waals surface area contributed by atoms with Crippen LogP contribution in [0.25, 0.3) is 0 Å². The van der Waals surface area contributed by atoms with Crippen molar-refractivity contribution in [2.75, 3.05) is 6.54 Å². The number of benzene rings is 1. The molecule has 1 heterocycles. The van der Waals surface area contributed by atoms with E-state index in [1.54, 1.807) is 0 Å². The van der Waals surface area contributed by atoms with E-state index in [2.05, 4.69) is 6.92 Å². The molecule has 3 heteroatoms. The predicted octanol–water partition coefficient (Wildman–Crippen LogP) is 2.37. The Balaban J connectivity index is 2.15. The summed E-state index contributed by atoms with van der Waals surface area (Å²) in [6, 6.07) is 7.61. The molecule has 1 amide bonds. The van der Waals surface area contributed by atoms with Gasteiger partial charge in [0.1, 0.15) is 6.61 Å². The van der Waals surface area contributed by atoms with E-state index in [-0.39, 0.29) is 5.91 Å². The Hall–Kier alpha value is -1.35. The number of carbonyl (C=O) groups is 1. The van der Waals surface area contributed by atoms with Gasteiger partial charge in [-0.2, -0.15) is 0 Å². The molecular weight excluding hydrogens is 190 g/mol. The van der Waals surface area contributed by atoms with Crippen LogP contribution < -0.4 is 0 Å². The lowest BCUT2D eigenvalue weighted by atomic mass is 10.1. The molecule has 1 aliphatic rings. The topological polar surface area (TPSA) is 29.5 Å². The van der Waals surface area contributed by atoms with E-state index in [1.165, 1.54) is 5.06 Å². The molecule has 15 heavy (non-hydrogen) atoms. The highest BCUT2D eigenvalue weighted by molar-refractivity contribution is 5.95. The van der Waals surface area contributed by atoms with Gasteiger partial charge in [-0.25, -0.2) is 5.06 Å². The average Bonchev–Trinajstić information content (AvgIpc) is 2.29. The van der Waals surface area contributed by atoms with Crippen LogP contribution in [0.2, 0.25) is 0 Å². The van der Waals surface area contributed by atoms with Crippen LogP contribution in [0.3, 0.4) is 0 Å². The van der Waals surface area contributed by atoms with Crippen molar-refractivity contribution in [3.05, 3.63) is 35.4 Å². The van der Waals surface area contributed by atoms with Gasteiger partial charge in [-0.05, 0) is 18.1 Å². The fourth-order valence-electron chi connectivity index (χ4n) is 1.66. The summed E-state index contributed by atoms with van der Waals surface area (Å²) in [6.07, 6.45) is 2.04. The number of hydrogen-bond donors (Lipinski definition) is 0. The van der Waals surface area contributed by atoms with E-state index in [0.717, 1.165) is 24.0 Å². The SMILES string of the molecule is CCCCN1OCc2ccccc2C1=O. The zero-order valence-corrected chi connectivity index (χ0v) is 8.90. The van der Waals surface area contributed by atoms with Gasteiger partial charge in [-0.15, -0.1) is 0 Å². The Morgan fingerprint density at radius 1 is 1.40 bits per heavy atom. The lowest BCUT2D eigenvalue weighted by Crippen LogP contribution is -2.36. The van der Waals surface area contributed by atoms with Crippen LogP contribution in [0.15, 0.2) is 24.3 Å². The van der Waals surface area contributed by atoms with E-state index in [9.17, 15) is 4.79 Å². The largest absolute Gasteiger partial charge is 0.277 e. The molecule has 0 fully saturated rings. The normalized spacial score (nSPS) is 15.3. The molecule has 1 aromatic carbocycles. The number of fused-ring (bicyclic) bond motifs is 1. The van der Waals surface area contributed by atoms with E-state index < -0.39 is 0 Å². The van der Waals surface area contributed by atoms with Gasteiger partial charge in [0.05, 0.1) is 0 Å². The standard InChI is InChI=1S/C12H15NO2/c1-2-3-8-13-12(14)11-7-5-4-6-10(11)9-15-13/h4-7H,2-3,8-9H2,1H3. The number of nitrogens with zero attached hydrogens (tertiary/aromatic N) is 1. The molecule has 0 atom stereocenters. The van der Waals surface area contributed by atoms with Crippen LogP contribution in [0.1, 0.15) is 35.7 Å². The Kier molecular flexibility index (Phi) is 3.02. The van der Waals surface area contributed by atoms with Crippen LogP contribution in [-0.2, 0) is 11.4 Å². The molecule has 80 valence electrons. The Morgan fingerprint density at radius 3 is 3.00 bits per heavy atom. The van der Waals surface area contributed by atoms with Gasteiger partial charge in [0.25, 0.3) is 5.91 Å². The fraction of sp³-hybridized carbons (Fsp3) is 0.417. The first-order valence-electron chi connectivity index (χ1n) is 5.35. The molecule has 1 aliphatic heterocycles. The van der Waals surface area contributed by atoms with Crippen molar-refractivity contribution >= 4 is 5.91 Å². The van der Waals surface area contributed by atoms with Gasteiger partial charge in [0.2, 0.25) is 0 Å². The highest BCUT2D eigenvalue weighted by Crippen LogP contribution is 2.19. The van der Waals surface area contributed by atoms with E-state index >= 15 is 0 Å². The van der Waals surface area contributed by atoms with Crippen molar-refractivity contribution in [2.24, 2.45) is 0 Å². The molecular formula is C12H15NO2. The molecule has 0 bridgehead atoms. The van der Waals surface area contributed by atoms with E-state index in [4.69, 9.17) is 4.84 Å². The summed E-state index contributed by atoms with van der Waals surface area (Å²) in [6.45, 7) is 3.29. The molecule has 0 saturated heterocycles. The van der Waals surface area contributed by atoms with Gasteiger partial charge < -0.3 is 0 Å². The number of rotatable bonds is 3. The maximum absolute atomic E-state index is 11.9. The summed E-state index contributed by atoms with van der Waals surface area (Å²) in [5.74, 6) is -0.00898. The smallest absolute Gasteiger partial charge is 0.267 e. The average molecular weight is 205 g/mol. The van der Waals surface area contributed by atoms with Crippen LogP contribution >= 0.6 is 0 Å². The second-order valence-corrected chi connectivity index (χ2v) is 3.69. The molecule has 0 aromatic heterocycles. The summed E-state index contributed by atoms with van der Waals surface area (Å²) < 4.78 is 0. The van der Waals surface area contributed by atoms with Crippen molar-refractivity contribution in [1.29, 1.82) is 0 Å². The zero-order chi connectivity index (χ0) is 10.7. The van der Waals surface area contributed by atoms with Crippen LogP contribution in [0.4, 0.5) is 0 Å². The molecule has 0 saturated carbocycles. The summed E-state index contributed by atoms with van der Waals surface area (Å²) >= 11 is 0. The third-order valence-electron chi connectivity index (χ3n) is 2.56. The van der Waals surface area contributed by atoms with Crippen molar-refractivity contribution in [3.63, 3.8) is 0 Å². The van der Waals surface area contributed by atoms with Gasteiger partial charge in [-0.1, -0.05) is 31.5 Å². The van der Waals surface area contributed by atoms with Crippen LogP contribution in [-0.4, -0.2) is 17.5 Å². The third-order valence-corrected chi connectivity index (χ3v) is 2.56. The van der Waals surface area contributed by atoms with Gasteiger partial charge >= 0.3 is 0 Å². The number of carbonyl (C=O) groups excluding carboxylic acids is 1. The van der Waals surface area contributed by atoms with E-state index in [0.29, 0.717) is 13.2 Å². The number of amides is 1. The van der Waals surface area contributed by atoms with Crippen molar-refractivity contribution in [2.45, 2.75) is 26.4 Å². The first kappa shape index (κ1) is 10.2. The quantitative estimate of drug-likeness (QED) is 0.758. The van der Waals surface area contributed by atoms with Crippen molar-refractivity contribution < 1.29 is 9.63 Å². The van der Waals surface area contributed by atoms with Crippen molar-refractivity contribution in [3.8, 4) is 0 Å². The minimum Gasteiger partial charge on any atom is -0.267 e. The van der Waals surface area contributed by atoms with Crippen molar-refractivity contribution in [1.82, 2.24) is 5.06 Å². The number of hydrogen-bond acceptors (Lipinski definition) is 2. The molecule has 1 aromatic rings. The first-order chi connectivity index (χ1) is 7.33. The fourth-order valence-corrected chi connectivity index (χ4v) is 1.66. The first-order valence-corrected chi connectivity index (χ1v) is 5.35. The third kappa shape index (κ3) is 2.02. The summed E-state index contributed by atoms with van der Waals surface area (Å²) in [5.41, 5.74) is 1.76. The molecule has 0 aliphatic carbocycles. The Bertz CT molecular complexity index is 362. The Morgan fingerprint density at radius 2 is 2.20 bits per heavy atom. The predicted molar refractivity (Wildman–Crippen MR) is 57.2 cm³/mol. The molecule has 2 rings (SSSR count). The molecule has 0 unspecified atom stereocenters. The van der Waals surface area contributed by atoms with Gasteiger partial charge in [-0.3, -0.25) is 9.63 Å². The van der Waals surface area contributed by atoms with Gasteiger partial charge in [0, 0.05) is 12.1 Å². The zero-order valence-electron chi connectivity index (χ0n) is 8.90. The minimum absolute atomic E-state index is 0.00898. The maximum atomic E-state index is 11.9. The molecule has 3 nitrogen and oxygen atoms in total. The number of hydroxylamine groups is 2. The Labute approximate surface area is 89.6 Å². The lowest BCUT2D eigenvalue weighted by Gasteiger charge is -2.27. The molecule has 0 spiro atoms. The second-order valence-electron chi connectivity index (χ2n) is 3.69. The van der Waals surface area contributed by atoms with E-state index in [1.807, 2.05) is 24.3 Å². The second kappa shape index (κ2) is 4.45. The minimum atomic E-state index is -0.00898. The maximum Gasteiger partial charge on any atom is 0.277 e. The summed E-state index contributed by atoms with van der Waals surface area (Å²) in [5, 5.41) is 1.48. The van der Waals surface area contributed by atoms with Gasteiger partial charge in [0.15, 0.2) is 0 Å². The molecule has 0 N–H and O–H groups in total. The summed E-state index contributed by atoms with van der Waals surface area (Å²) in [4.78, 5) is 17.3. The highest BCUT2D eigenvalue weighted by atomic mass is 16.7. The van der Waals surface area contributed by atoms with Crippen LogP contribution in [0, 0.1) is 0 Å². The summed E-state index contributed by atoms with van der Waals surface area (Å²) in [7, 11) is 0. The number of unbranched alkanes of at least 4 members (excludes halogenated alkanes) is 1. The lowest BCUT2D eigenvalue weighted by molar-refractivity contribution is -0.140.